The first-order valence-corrected chi connectivity index (χ1v) is 6.32. The van der Waals surface area contributed by atoms with E-state index in [0.29, 0.717) is 5.02 Å². The number of aromatic nitrogens is 2. The monoisotopic (exact) mass is 265 g/mol. The fourth-order valence-electron chi connectivity index (χ4n) is 1.80. The molecule has 0 aromatic carbocycles. The molecule has 4 nitrogen and oxygen atoms in total. The highest BCUT2D eigenvalue weighted by Crippen LogP contribution is 2.40. The van der Waals surface area contributed by atoms with Crippen LogP contribution in [-0.4, -0.2) is 9.97 Å². The summed E-state index contributed by atoms with van der Waals surface area (Å²) in [5, 5.41) is 1.40. The fourth-order valence-corrected chi connectivity index (χ4v) is 2.96. The first-order chi connectivity index (χ1) is 8.15. The van der Waals surface area contributed by atoms with Gasteiger partial charge in [-0.3, -0.25) is 9.78 Å². The molecule has 3 rings (SSSR count). The van der Waals surface area contributed by atoms with Crippen molar-refractivity contribution in [3.63, 3.8) is 0 Å². The highest BCUT2D eigenvalue weighted by atomic mass is 35.5. The molecule has 0 saturated carbocycles. The van der Waals surface area contributed by atoms with Crippen molar-refractivity contribution in [3.05, 3.63) is 39.4 Å². The van der Waals surface area contributed by atoms with E-state index >= 15 is 0 Å². The summed E-state index contributed by atoms with van der Waals surface area (Å²) in [4.78, 5) is 18.5. The molecule has 2 aromatic heterocycles. The number of aromatic amines is 1. The Balaban J connectivity index is 2.31. The number of fused-ring (bicyclic) bond motifs is 3. The maximum absolute atomic E-state index is 11.4. The largest absolute Gasteiger partial charge is 0.394 e. The van der Waals surface area contributed by atoms with E-state index in [2.05, 4.69) is 9.97 Å². The number of nitrogen functional groups attached to an aromatic ring is 1. The molecule has 0 unspecified atom stereocenters. The number of nitrogens with two attached hydrogens (primary N) is 1. The molecule has 0 atom stereocenters. The Labute approximate surface area is 106 Å². The van der Waals surface area contributed by atoms with Crippen LogP contribution in [0.15, 0.2) is 28.2 Å². The van der Waals surface area contributed by atoms with Crippen molar-refractivity contribution in [3.8, 4) is 11.1 Å². The van der Waals surface area contributed by atoms with Gasteiger partial charge in [0.15, 0.2) is 0 Å². The van der Waals surface area contributed by atoms with Crippen molar-refractivity contribution in [2.45, 2.75) is 10.8 Å². The molecule has 0 amide bonds. The second kappa shape index (κ2) is 3.78. The molecule has 6 heteroatoms. The number of pyridine rings is 2. The minimum Gasteiger partial charge on any atom is -0.394 e. The van der Waals surface area contributed by atoms with Crippen molar-refractivity contribution in [1.82, 2.24) is 9.97 Å². The van der Waals surface area contributed by atoms with Crippen molar-refractivity contribution < 1.29 is 0 Å². The molecule has 3 heterocycles. The number of rotatable bonds is 0. The van der Waals surface area contributed by atoms with E-state index in [1.165, 1.54) is 0 Å². The number of halogens is 1. The molecule has 0 fully saturated rings. The first kappa shape index (κ1) is 10.7. The molecule has 0 saturated heterocycles. The van der Waals surface area contributed by atoms with Crippen molar-refractivity contribution >= 4 is 29.1 Å². The summed E-state index contributed by atoms with van der Waals surface area (Å²) in [7, 11) is 0. The molecule has 0 radical (unpaired) electrons. The lowest BCUT2D eigenvalue weighted by Gasteiger charge is -2.18. The maximum atomic E-state index is 11.4. The average Bonchev–Trinajstić information content (AvgIpc) is 2.31. The molecule has 1 aliphatic heterocycles. The van der Waals surface area contributed by atoms with Crippen LogP contribution >= 0.6 is 23.4 Å². The van der Waals surface area contributed by atoms with Gasteiger partial charge in [0.2, 0.25) is 0 Å². The molecule has 2 aromatic rings. The molecule has 1 aliphatic rings. The summed E-state index contributed by atoms with van der Waals surface area (Å²) in [5.74, 6) is 0.722. The van der Waals surface area contributed by atoms with Crippen LogP contribution in [0.1, 0.15) is 5.69 Å². The third-order valence-corrected chi connectivity index (χ3v) is 3.85. The molecule has 3 N–H and O–H groups in total. The number of hydrogen-bond donors (Lipinski definition) is 2. The molecular formula is C11H8ClN3OS. The fraction of sp³-hybridized carbons (Fsp3) is 0.0909. The van der Waals surface area contributed by atoms with Crippen molar-refractivity contribution in [2.75, 3.05) is 5.73 Å². The molecular weight excluding hydrogens is 258 g/mol. The third kappa shape index (κ3) is 1.71. The van der Waals surface area contributed by atoms with Crippen LogP contribution < -0.4 is 11.3 Å². The molecule has 0 spiro atoms. The SMILES string of the molecule is Nc1cc2c([nH]c1=O)SCc1ncc(Cl)cc1-2. The lowest BCUT2D eigenvalue weighted by molar-refractivity contribution is 1.06. The van der Waals surface area contributed by atoms with Gasteiger partial charge in [0.1, 0.15) is 0 Å². The van der Waals surface area contributed by atoms with Crippen molar-refractivity contribution in [2.24, 2.45) is 0 Å². The van der Waals surface area contributed by atoms with Crippen LogP contribution in [0.3, 0.4) is 0 Å². The third-order valence-electron chi connectivity index (χ3n) is 2.61. The lowest BCUT2D eigenvalue weighted by Crippen LogP contribution is -2.14. The number of thioether (sulfide) groups is 1. The number of nitrogens with one attached hydrogen (secondary N) is 1. The Hall–Kier alpha value is -1.46. The highest BCUT2D eigenvalue weighted by molar-refractivity contribution is 7.98. The number of anilines is 1. The van der Waals surface area contributed by atoms with E-state index < -0.39 is 0 Å². The van der Waals surface area contributed by atoms with E-state index in [1.54, 1.807) is 24.0 Å². The highest BCUT2D eigenvalue weighted by Gasteiger charge is 2.19. The van der Waals surface area contributed by atoms with Crippen LogP contribution in [0.4, 0.5) is 5.69 Å². The summed E-state index contributed by atoms with van der Waals surface area (Å²) in [6, 6.07) is 3.53. The standard InChI is InChI=1S/C11H8ClN3OS/c12-5-1-6-7-2-8(13)10(16)15-11(7)17-4-9(6)14-3-5/h1-3H,4,13H2,(H,15,16). The van der Waals surface area contributed by atoms with Gasteiger partial charge in [0.25, 0.3) is 5.56 Å². The van der Waals surface area contributed by atoms with Crippen molar-refractivity contribution in [1.29, 1.82) is 0 Å². The van der Waals surface area contributed by atoms with Crippen LogP contribution in [0.2, 0.25) is 5.02 Å². The van der Waals surface area contributed by atoms with E-state index in [-0.39, 0.29) is 11.2 Å². The minimum atomic E-state index is -0.255. The summed E-state index contributed by atoms with van der Waals surface area (Å²) in [6.45, 7) is 0. The van der Waals surface area contributed by atoms with E-state index in [4.69, 9.17) is 17.3 Å². The predicted molar refractivity (Wildman–Crippen MR) is 69.3 cm³/mol. The molecule has 0 aliphatic carbocycles. The smallest absolute Gasteiger partial charge is 0.271 e. The first-order valence-electron chi connectivity index (χ1n) is 4.95. The molecule has 0 bridgehead atoms. The predicted octanol–water partition coefficient (Wildman–Crippen LogP) is 2.28. The zero-order chi connectivity index (χ0) is 12.0. The Bertz CT molecular complexity index is 668. The quantitative estimate of drug-likeness (QED) is 0.767. The normalized spacial score (nSPS) is 13.0. The van der Waals surface area contributed by atoms with Crippen LogP contribution in [0.5, 0.6) is 0 Å². The summed E-state index contributed by atoms with van der Waals surface area (Å²) >= 11 is 7.49. The van der Waals surface area contributed by atoms with Crippen LogP contribution in [0.25, 0.3) is 11.1 Å². The summed E-state index contributed by atoms with van der Waals surface area (Å²) in [5.41, 5.74) is 8.37. The summed E-state index contributed by atoms with van der Waals surface area (Å²) < 4.78 is 0. The maximum Gasteiger partial charge on any atom is 0.271 e. The Morgan fingerprint density at radius 2 is 2.24 bits per heavy atom. The van der Waals surface area contributed by atoms with E-state index in [1.807, 2.05) is 6.07 Å². The van der Waals surface area contributed by atoms with Gasteiger partial charge in [-0.05, 0) is 12.1 Å². The second-order valence-electron chi connectivity index (χ2n) is 3.73. The van der Waals surface area contributed by atoms with Crippen LogP contribution in [-0.2, 0) is 5.75 Å². The van der Waals surface area contributed by atoms with Gasteiger partial charge in [0, 0.05) is 23.1 Å². The number of nitrogens with zero attached hydrogens (tertiary/aromatic N) is 1. The Morgan fingerprint density at radius 3 is 3.06 bits per heavy atom. The van der Waals surface area contributed by atoms with Crippen LogP contribution in [0, 0.1) is 0 Å². The van der Waals surface area contributed by atoms with Gasteiger partial charge in [-0.2, -0.15) is 0 Å². The summed E-state index contributed by atoms with van der Waals surface area (Å²) in [6.07, 6.45) is 1.63. The Morgan fingerprint density at radius 1 is 1.41 bits per heavy atom. The lowest BCUT2D eigenvalue weighted by atomic mass is 10.1. The van der Waals surface area contributed by atoms with E-state index in [0.717, 1.165) is 27.6 Å². The minimum absolute atomic E-state index is 0.206. The molecule has 86 valence electrons. The van der Waals surface area contributed by atoms with Gasteiger partial charge in [0.05, 0.1) is 21.4 Å². The van der Waals surface area contributed by atoms with Gasteiger partial charge >= 0.3 is 0 Å². The van der Waals surface area contributed by atoms with Gasteiger partial charge in [-0.25, -0.2) is 0 Å². The van der Waals surface area contributed by atoms with E-state index in [9.17, 15) is 4.79 Å². The topological polar surface area (TPSA) is 71.8 Å². The van der Waals surface area contributed by atoms with Gasteiger partial charge in [-0.1, -0.05) is 11.6 Å². The van der Waals surface area contributed by atoms with Gasteiger partial charge < -0.3 is 10.7 Å². The zero-order valence-corrected chi connectivity index (χ0v) is 10.2. The second-order valence-corrected chi connectivity index (χ2v) is 5.16. The van der Waals surface area contributed by atoms with Gasteiger partial charge in [-0.15, -0.1) is 11.8 Å². The number of H-pyrrole nitrogens is 1. The molecule has 17 heavy (non-hydrogen) atoms. The average molecular weight is 266 g/mol. The number of hydrogen-bond acceptors (Lipinski definition) is 4. The zero-order valence-electron chi connectivity index (χ0n) is 8.66. The Kier molecular flexibility index (Phi) is 2.38.